The van der Waals surface area contributed by atoms with E-state index < -0.39 is 0 Å². The van der Waals surface area contributed by atoms with Gasteiger partial charge < -0.3 is 9.84 Å². The minimum atomic E-state index is 0.00224. The van der Waals surface area contributed by atoms with Crippen LogP contribution in [-0.4, -0.2) is 18.3 Å². The number of fused-ring (bicyclic) bond motifs is 6. The largest absolute Gasteiger partial charge is 0.491 e. The monoisotopic (exact) mass is 604 g/mol. The van der Waals surface area contributed by atoms with Gasteiger partial charge in [0.2, 0.25) is 0 Å². The van der Waals surface area contributed by atoms with E-state index in [1.807, 2.05) is 12.1 Å². The highest BCUT2D eigenvalue weighted by atomic mass is 16.5. The first kappa shape index (κ1) is 27.6. The highest BCUT2D eigenvalue weighted by Gasteiger charge is 2.28. The summed E-state index contributed by atoms with van der Waals surface area (Å²) in [5.74, 6) is 0.775. The minimum Gasteiger partial charge on any atom is -0.491 e. The minimum absolute atomic E-state index is 0.00224. The van der Waals surface area contributed by atoms with Crippen LogP contribution in [0.5, 0.6) is 5.75 Å². The lowest BCUT2D eigenvalue weighted by Crippen LogP contribution is -2.01. The van der Waals surface area contributed by atoms with Crippen molar-refractivity contribution in [3.8, 4) is 50.3 Å². The lowest BCUT2D eigenvalue weighted by atomic mass is 9.86. The molecule has 0 aromatic heterocycles. The van der Waals surface area contributed by atoms with Crippen LogP contribution in [0.15, 0.2) is 152 Å². The maximum Gasteiger partial charge on any atom is 0.120 e. The predicted molar refractivity (Wildman–Crippen MR) is 196 cm³/mol. The Kier molecular flexibility index (Phi) is 6.62. The van der Waals surface area contributed by atoms with Crippen molar-refractivity contribution in [3.05, 3.63) is 163 Å². The SMILES string of the molecule is OCCOc1ccc2cc(-c3ccc(-c4ccc5ccccc5c4)c4c3Cc3cccc(-c5ccc6ccccc6c5)c3-4)ccc2c1. The maximum absolute atomic E-state index is 9.18. The summed E-state index contributed by atoms with van der Waals surface area (Å²) in [6, 6.07) is 55.3. The number of benzene rings is 8. The van der Waals surface area contributed by atoms with E-state index in [4.69, 9.17) is 4.74 Å². The average molecular weight is 605 g/mol. The molecule has 0 unspecified atom stereocenters. The Hall–Kier alpha value is -5.70. The number of aliphatic hydroxyl groups is 1. The molecule has 2 heteroatoms. The van der Waals surface area contributed by atoms with Crippen LogP contribution in [0.25, 0.3) is 76.8 Å². The summed E-state index contributed by atoms with van der Waals surface area (Å²) in [4.78, 5) is 0. The third-order valence-electron chi connectivity index (χ3n) is 9.68. The summed E-state index contributed by atoms with van der Waals surface area (Å²) < 4.78 is 5.68. The van der Waals surface area contributed by atoms with Crippen LogP contribution in [0.2, 0.25) is 0 Å². The molecule has 0 amide bonds. The average Bonchev–Trinajstić information content (AvgIpc) is 3.53. The Morgan fingerprint density at radius 1 is 0.447 bits per heavy atom. The Bertz CT molecular complexity index is 2490. The second-order valence-corrected chi connectivity index (χ2v) is 12.5. The van der Waals surface area contributed by atoms with Crippen LogP contribution in [0.4, 0.5) is 0 Å². The molecule has 0 heterocycles. The van der Waals surface area contributed by atoms with Crippen molar-refractivity contribution in [3.63, 3.8) is 0 Å². The highest BCUT2D eigenvalue weighted by molar-refractivity contribution is 6.03. The van der Waals surface area contributed by atoms with Gasteiger partial charge in [0.05, 0.1) is 6.61 Å². The van der Waals surface area contributed by atoms with Crippen molar-refractivity contribution in [1.82, 2.24) is 0 Å². The highest BCUT2D eigenvalue weighted by Crippen LogP contribution is 2.51. The maximum atomic E-state index is 9.18. The first-order chi connectivity index (χ1) is 23.2. The van der Waals surface area contributed by atoms with Gasteiger partial charge in [-0.2, -0.15) is 0 Å². The van der Waals surface area contributed by atoms with Gasteiger partial charge in [0.25, 0.3) is 0 Å². The van der Waals surface area contributed by atoms with E-state index in [2.05, 4.69) is 140 Å². The Morgan fingerprint density at radius 2 is 0.979 bits per heavy atom. The summed E-state index contributed by atoms with van der Waals surface area (Å²) in [5.41, 5.74) is 12.9. The summed E-state index contributed by atoms with van der Waals surface area (Å²) in [6.07, 6.45) is 0.884. The van der Waals surface area contributed by atoms with Gasteiger partial charge in [-0.15, -0.1) is 0 Å². The summed E-state index contributed by atoms with van der Waals surface area (Å²) in [6.45, 7) is 0.295. The lowest BCUT2D eigenvalue weighted by molar-refractivity contribution is 0.201. The molecule has 0 aliphatic heterocycles. The van der Waals surface area contributed by atoms with Gasteiger partial charge in [0.15, 0.2) is 0 Å². The first-order valence-electron chi connectivity index (χ1n) is 16.3. The molecule has 47 heavy (non-hydrogen) atoms. The molecule has 0 fully saturated rings. The van der Waals surface area contributed by atoms with E-state index >= 15 is 0 Å². The fourth-order valence-corrected chi connectivity index (χ4v) is 7.46. The molecule has 0 saturated heterocycles. The Balaban J connectivity index is 1.26. The lowest BCUT2D eigenvalue weighted by Gasteiger charge is -2.18. The van der Waals surface area contributed by atoms with Gasteiger partial charge in [-0.3, -0.25) is 0 Å². The summed E-state index contributed by atoms with van der Waals surface area (Å²) in [5, 5.41) is 16.5. The number of ether oxygens (including phenoxy) is 1. The molecular formula is C45H32O2. The molecule has 8 aromatic carbocycles. The number of hydrogen-bond donors (Lipinski definition) is 1. The molecule has 1 aliphatic carbocycles. The van der Waals surface area contributed by atoms with Gasteiger partial charge in [0.1, 0.15) is 12.4 Å². The molecule has 9 rings (SSSR count). The van der Waals surface area contributed by atoms with Crippen LogP contribution in [0.3, 0.4) is 0 Å². The number of rotatable bonds is 6. The number of aliphatic hydroxyl groups excluding tert-OH is 1. The predicted octanol–water partition coefficient (Wildman–Crippen LogP) is 11.1. The van der Waals surface area contributed by atoms with Crippen molar-refractivity contribution in [2.75, 3.05) is 13.2 Å². The van der Waals surface area contributed by atoms with E-state index in [1.165, 1.54) is 82.6 Å². The van der Waals surface area contributed by atoms with Crippen LogP contribution >= 0.6 is 0 Å². The molecule has 0 radical (unpaired) electrons. The number of hydrogen-bond acceptors (Lipinski definition) is 2. The molecule has 0 spiro atoms. The molecule has 1 aliphatic rings. The fourth-order valence-electron chi connectivity index (χ4n) is 7.46. The molecule has 1 N–H and O–H groups in total. The van der Waals surface area contributed by atoms with Crippen LogP contribution in [-0.2, 0) is 6.42 Å². The quantitative estimate of drug-likeness (QED) is 0.205. The van der Waals surface area contributed by atoms with Crippen molar-refractivity contribution < 1.29 is 9.84 Å². The van der Waals surface area contributed by atoms with Gasteiger partial charge in [0, 0.05) is 0 Å². The van der Waals surface area contributed by atoms with Crippen molar-refractivity contribution >= 4 is 32.3 Å². The second-order valence-electron chi connectivity index (χ2n) is 12.5. The molecule has 0 atom stereocenters. The standard InChI is InChI=1S/C45H32O2/c46-22-23-47-39-19-18-33-26-35(17-14-34(33)27-39)40-20-21-42(37-16-13-30-7-2-4-9-32(30)25-37)45-43(40)28-38-10-5-11-41(44(38)45)36-15-12-29-6-1-3-8-31(29)24-36/h1-21,24-27,46H,22-23,28H2. The van der Waals surface area contributed by atoms with Crippen LogP contribution < -0.4 is 4.74 Å². The fraction of sp³-hybridized carbons (Fsp3) is 0.0667. The van der Waals surface area contributed by atoms with Gasteiger partial charge in [-0.25, -0.2) is 0 Å². The molecule has 0 saturated carbocycles. The zero-order chi connectivity index (χ0) is 31.3. The van der Waals surface area contributed by atoms with Crippen molar-refractivity contribution in [2.45, 2.75) is 6.42 Å². The van der Waals surface area contributed by atoms with E-state index in [0.29, 0.717) is 6.61 Å². The summed E-state index contributed by atoms with van der Waals surface area (Å²) in [7, 11) is 0. The van der Waals surface area contributed by atoms with Gasteiger partial charge >= 0.3 is 0 Å². The van der Waals surface area contributed by atoms with E-state index in [0.717, 1.165) is 17.6 Å². The summed E-state index contributed by atoms with van der Waals surface area (Å²) >= 11 is 0. The van der Waals surface area contributed by atoms with Gasteiger partial charge in [-0.1, -0.05) is 121 Å². The third kappa shape index (κ3) is 4.77. The second kappa shape index (κ2) is 11.3. The Morgan fingerprint density at radius 3 is 1.66 bits per heavy atom. The zero-order valence-corrected chi connectivity index (χ0v) is 25.9. The van der Waals surface area contributed by atoms with E-state index in [1.54, 1.807) is 0 Å². The molecular weight excluding hydrogens is 572 g/mol. The smallest absolute Gasteiger partial charge is 0.120 e. The molecule has 224 valence electrons. The molecule has 0 bridgehead atoms. The first-order valence-corrected chi connectivity index (χ1v) is 16.3. The van der Waals surface area contributed by atoms with Gasteiger partial charge in [-0.05, 0) is 125 Å². The topological polar surface area (TPSA) is 29.5 Å². The third-order valence-corrected chi connectivity index (χ3v) is 9.68. The normalized spacial score (nSPS) is 12.0. The van der Waals surface area contributed by atoms with E-state index in [-0.39, 0.29) is 6.61 Å². The molecule has 2 nitrogen and oxygen atoms in total. The van der Waals surface area contributed by atoms with Crippen molar-refractivity contribution in [2.24, 2.45) is 0 Å². The Labute approximate surface area is 274 Å². The van der Waals surface area contributed by atoms with E-state index in [9.17, 15) is 5.11 Å². The van der Waals surface area contributed by atoms with Crippen molar-refractivity contribution in [1.29, 1.82) is 0 Å². The van der Waals surface area contributed by atoms with Crippen LogP contribution in [0, 0.1) is 0 Å². The molecule has 8 aromatic rings. The zero-order valence-electron chi connectivity index (χ0n) is 25.9. The van der Waals surface area contributed by atoms with Crippen LogP contribution in [0.1, 0.15) is 11.1 Å².